The second-order valence-corrected chi connectivity index (χ2v) is 5.88. The van der Waals surface area contributed by atoms with Crippen molar-refractivity contribution in [2.75, 3.05) is 27.3 Å². The van der Waals surface area contributed by atoms with E-state index in [1.165, 1.54) is 25.2 Å². The number of rotatable bonds is 9. The summed E-state index contributed by atoms with van der Waals surface area (Å²) in [6.45, 7) is -0.647. The van der Waals surface area contributed by atoms with E-state index in [9.17, 15) is 14.4 Å². The number of hydrogen-bond acceptors (Lipinski definition) is 5. The molecular formula is C20H22N2O6. The normalized spacial score (nSPS) is 10.1. The minimum absolute atomic E-state index is 0.137. The Labute approximate surface area is 162 Å². The predicted molar refractivity (Wildman–Crippen MR) is 101 cm³/mol. The second kappa shape index (κ2) is 9.96. The van der Waals surface area contributed by atoms with E-state index in [1.54, 1.807) is 36.4 Å². The Bertz CT molecular complexity index is 838. The van der Waals surface area contributed by atoms with Gasteiger partial charge in [0.05, 0.1) is 20.8 Å². The second-order valence-electron chi connectivity index (χ2n) is 5.88. The molecule has 0 unspecified atom stereocenters. The molecule has 0 bridgehead atoms. The molecular weight excluding hydrogens is 364 g/mol. The first kappa shape index (κ1) is 20.8. The van der Waals surface area contributed by atoms with Crippen molar-refractivity contribution in [3.63, 3.8) is 0 Å². The van der Waals surface area contributed by atoms with Crippen molar-refractivity contribution >= 4 is 17.8 Å². The van der Waals surface area contributed by atoms with Crippen molar-refractivity contribution in [3.8, 4) is 11.5 Å². The van der Waals surface area contributed by atoms with Gasteiger partial charge >= 0.3 is 5.97 Å². The fourth-order valence-electron chi connectivity index (χ4n) is 2.55. The highest BCUT2D eigenvalue weighted by Gasteiger charge is 2.19. The Kier molecular flexibility index (Phi) is 7.38. The summed E-state index contributed by atoms with van der Waals surface area (Å²) in [4.78, 5) is 37.0. The molecule has 2 aromatic rings. The first-order valence-electron chi connectivity index (χ1n) is 8.48. The van der Waals surface area contributed by atoms with Crippen molar-refractivity contribution in [2.24, 2.45) is 0 Å². The predicted octanol–water partition coefficient (Wildman–Crippen LogP) is 1.55. The third kappa shape index (κ3) is 5.73. The van der Waals surface area contributed by atoms with Gasteiger partial charge in [0.2, 0.25) is 5.91 Å². The van der Waals surface area contributed by atoms with Gasteiger partial charge in [-0.3, -0.25) is 14.4 Å². The van der Waals surface area contributed by atoms with Gasteiger partial charge in [-0.25, -0.2) is 0 Å². The van der Waals surface area contributed by atoms with Gasteiger partial charge in [0.15, 0.2) is 11.5 Å². The molecule has 148 valence electrons. The Morgan fingerprint density at radius 2 is 1.68 bits per heavy atom. The van der Waals surface area contributed by atoms with E-state index in [4.69, 9.17) is 14.6 Å². The number of benzene rings is 2. The molecule has 0 aliphatic rings. The molecule has 0 heterocycles. The Balaban J connectivity index is 2.02. The third-order valence-electron chi connectivity index (χ3n) is 3.94. The largest absolute Gasteiger partial charge is 0.493 e. The van der Waals surface area contributed by atoms with Gasteiger partial charge in [-0.1, -0.05) is 30.3 Å². The van der Waals surface area contributed by atoms with Crippen LogP contribution in [0.1, 0.15) is 15.9 Å². The molecule has 0 spiro atoms. The number of methoxy groups -OCH3 is 2. The molecule has 2 aromatic carbocycles. The minimum Gasteiger partial charge on any atom is -0.493 e. The van der Waals surface area contributed by atoms with Gasteiger partial charge in [-0.15, -0.1) is 0 Å². The number of carboxylic acid groups (broad SMARTS) is 1. The van der Waals surface area contributed by atoms with Crippen LogP contribution in [0, 0.1) is 0 Å². The third-order valence-corrected chi connectivity index (χ3v) is 3.94. The van der Waals surface area contributed by atoms with Gasteiger partial charge in [0.25, 0.3) is 5.91 Å². The van der Waals surface area contributed by atoms with Gasteiger partial charge in [0.1, 0.15) is 6.54 Å². The van der Waals surface area contributed by atoms with Gasteiger partial charge in [0, 0.05) is 12.1 Å². The van der Waals surface area contributed by atoms with Crippen LogP contribution >= 0.6 is 0 Å². The summed E-state index contributed by atoms with van der Waals surface area (Å²) in [6.07, 6.45) is 0. The number of nitrogens with zero attached hydrogens (tertiary/aromatic N) is 1. The Morgan fingerprint density at radius 1 is 1.00 bits per heavy atom. The number of carbonyl (C=O) groups excluding carboxylic acids is 2. The number of amides is 2. The first-order chi connectivity index (χ1) is 13.4. The number of nitrogens with one attached hydrogen (secondary N) is 1. The maximum absolute atomic E-state index is 12.4. The van der Waals surface area contributed by atoms with Crippen LogP contribution in [-0.4, -0.2) is 55.1 Å². The standard InChI is InChI=1S/C20H22N2O6/c1-27-16-9-8-15(10-17(16)28-2)20(26)21-11-18(23)22(13-19(24)25)12-14-6-4-3-5-7-14/h3-10H,11-13H2,1-2H3,(H,21,26)(H,24,25). The quantitative estimate of drug-likeness (QED) is 0.677. The van der Waals surface area contributed by atoms with E-state index in [-0.39, 0.29) is 13.1 Å². The van der Waals surface area contributed by atoms with Gasteiger partial charge in [-0.05, 0) is 23.8 Å². The molecule has 0 aliphatic carbocycles. The van der Waals surface area contributed by atoms with Gasteiger partial charge in [-0.2, -0.15) is 0 Å². The molecule has 0 saturated carbocycles. The average Bonchev–Trinajstić information content (AvgIpc) is 2.71. The maximum Gasteiger partial charge on any atom is 0.323 e. The van der Waals surface area contributed by atoms with E-state index < -0.39 is 24.3 Å². The fourth-order valence-corrected chi connectivity index (χ4v) is 2.55. The zero-order valence-corrected chi connectivity index (χ0v) is 15.7. The molecule has 0 aromatic heterocycles. The van der Waals surface area contributed by atoms with Crippen LogP contribution in [0.25, 0.3) is 0 Å². The summed E-state index contributed by atoms with van der Waals surface area (Å²) >= 11 is 0. The highest BCUT2D eigenvalue weighted by Crippen LogP contribution is 2.27. The summed E-state index contributed by atoms with van der Waals surface area (Å²) in [7, 11) is 2.94. The zero-order valence-electron chi connectivity index (χ0n) is 15.7. The lowest BCUT2D eigenvalue weighted by molar-refractivity contribution is -0.144. The van der Waals surface area contributed by atoms with Gasteiger partial charge < -0.3 is 24.8 Å². The summed E-state index contributed by atoms with van der Waals surface area (Å²) < 4.78 is 10.3. The average molecular weight is 386 g/mol. The molecule has 0 aliphatic heterocycles. The zero-order chi connectivity index (χ0) is 20.5. The van der Waals surface area contributed by atoms with Crippen LogP contribution in [0.3, 0.4) is 0 Å². The topological polar surface area (TPSA) is 105 Å². The highest BCUT2D eigenvalue weighted by molar-refractivity contribution is 5.97. The lowest BCUT2D eigenvalue weighted by Gasteiger charge is -2.21. The highest BCUT2D eigenvalue weighted by atomic mass is 16.5. The SMILES string of the molecule is COc1ccc(C(=O)NCC(=O)N(CC(=O)O)Cc2ccccc2)cc1OC. The lowest BCUT2D eigenvalue weighted by atomic mass is 10.2. The van der Waals surface area contributed by atoms with Crippen molar-refractivity contribution in [2.45, 2.75) is 6.54 Å². The monoisotopic (exact) mass is 386 g/mol. The first-order valence-corrected chi connectivity index (χ1v) is 8.48. The Hall–Kier alpha value is -3.55. The summed E-state index contributed by atoms with van der Waals surface area (Å²) in [5, 5.41) is 11.6. The molecule has 0 saturated heterocycles. The minimum atomic E-state index is -1.13. The molecule has 8 heteroatoms. The molecule has 0 atom stereocenters. The summed E-state index contributed by atoms with van der Waals surface area (Å²) in [5.41, 5.74) is 1.08. The lowest BCUT2D eigenvalue weighted by Crippen LogP contribution is -2.42. The van der Waals surface area contributed by atoms with Crippen LogP contribution < -0.4 is 14.8 Å². The molecule has 28 heavy (non-hydrogen) atoms. The number of hydrogen-bond donors (Lipinski definition) is 2. The fraction of sp³-hybridized carbons (Fsp3) is 0.250. The summed E-state index contributed by atoms with van der Waals surface area (Å²) in [6, 6.07) is 13.7. The molecule has 0 radical (unpaired) electrons. The number of carbonyl (C=O) groups is 3. The van der Waals surface area contributed by atoms with Crippen LogP contribution in [0.5, 0.6) is 11.5 Å². The number of aliphatic carboxylic acids is 1. The summed E-state index contributed by atoms with van der Waals surface area (Å²) in [5.74, 6) is -1.25. The van der Waals surface area contributed by atoms with Crippen molar-refractivity contribution in [1.29, 1.82) is 0 Å². The number of carboxylic acids is 1. The van der Waals surface area contributed by atoms with Crippen molar-refractivity contribution in [1.82, 2.24) is 10.2 Å². The molecule has 8 nitrogen and oxygen atoms in total. The smallest absolute Gasteiger partial charge is 0.323 e. The van der Waals surface area contributed by atoms with Crippen LogP contribution in [0.4, 0.5) is 0 Å². The van der Waals surface area contributed by atoms with E-state index in [1.807, 2.05) is 6.07 Å². The maximum atomic E-state index is 12.4. The van der Waals surface area contributed by atoms with Crippen molar-refractivity contribution < 1.29 is 29.0 Å². The molecule has 0 fully saturated rings. The van der Waals surface area contributed by atoms with E-state index in [0.29, 0.717) is 17.1 Å². The molecule has 2 N–H and O–H groups in total. The molecule has 2 amide bonds. The molecule has 2 rings (SSSR count). The van der Waals surface area contributed by atoms with Crippen molar-refractivity contribution in [3.05, 3.63) is 59.7 Å². The van der Waals surface area contributed by atoms with Crippen LogP contribution in [0.2, 0.25) is 0 Å². The van der Waals surface area contributed by atoms with E-state index >= 15 is 0 Å². The van der Waals surface area contributed by atoms with Crippen LogP contribution in [-0.2, 0) is 16.1 Å². The van der Waals surface area contributed by atoms with Crippen LogP contribution in [0.15, 0.2) is 48.5 Å². The number of ether oxygens (including phenoxy) is 2. The van der Waals surface area contributed by atoms with E-state index in [0.717, 1.165) is 5.56 Å². The van der Waals surface area contributed by atoms with E-state index in [2.05, 4.69) is 5.32 Å². The Morgan fingerprint density at radius 3 is 2.29 bits per heavy atom.